The van der Waals surface area contributed by atoms with Gasteiger partial charge in [0, 0.05) is 37.8 Å². The third-order valence-corrected chi connectivity index (χ3v) is 5.79. The largest absolute Gasteiger partial charge is 0.493 e. The molecule has 0 N–H and O–H groups in total. The fourth-order valence-electron chi connectivity index (χ4n) is 3.87. The number of anilines is 1. The number of piperazine rings is 1. The van der Waals surface area contributed by atoms with Crippen LogP contribution in [0.25, 0.3) is 11.3 Å². The van der Waals surface area contributed by atoms with Crippen molar-refractivity contribution in [3.63, 3.8) is 0 Å². The summed E-state index contributed by atoms with van der Waals surface area (Å²) in [4.78, 5) is 16.5. The Balaban J connectivity index is 1.35. The fraction of sp³-hybridized carbons (Fsp3) is 0.320. The lowest BCUT2D eigenvalue weighted by atomic mass is 10.1. The second-order valence-corrected chi connectivity index (χ2v) is 7.99. The van der Waals surface area contributed by atoms with E-state index in [1.165, 1.54) is 6.07 Å². The van der Waals surface area contributed by atoms with Crippen molar-refractivity contribution < 1.29 is 27.8 Å². The average Bonchev–Trinajstić information content (AvgIpc) is 2.89. The van der Waals surface area contributed by atoms with Gasteiger partial charge in [-0.15, -0.1) is 10.2 Å². The molecule has 2 heterocycles. The number of hydrogen-bond acceptors (Lipinski definition) is 7. The Morgan fingerprint density at radius 3 is 2.23 bits per heavy atom. The number of amides is 1. The van der Waals surface area contributed by atoms with Gasteiger partial charge in [0.1, 0.15) is 5.82 Å². The quantitative estimate of drug-likeness (QED) is 0.508. The maximum absolute atomic E-state index is 13.8. The van der Waals surface area contributed by atoms with E-state index in [1.54, 1.807) is 26.0 Å². The van der Waals surface area contributed by atoms with E-state index in [4.69, 9.17) is 14.2 Å². The highest BCUT2D eigenvalue weighted by Gasteiger charge is 2.27. The highest BCUT2D eigenvalue weighted by atomic mass is 19.1. The van der Waals surface area contributed by atoms with Crippen LogP contribution in [0.5, 0.6) is 17.2 Å². The number of rotatable bonds is 7. The smallest absolute Gasteiger partial charge is 0.263 e. The molecule has 3 aromatic rings. The Labute approximate surface area is 202 Å². The molecule has 4 rings (SSSR count). The zero-order chi connectivity index (χ0) is 24.9. The van der Waals surface area contributed by atoms with Gasteiger partial charge in [0.15, 0.2) is 35.0 Å². The first-order valence-electron chi connectivity index (χ1n) is 11.1. The fourth-order valence-corrected chi connectivity index (χ4v) is 3.87. The Morgan fingerprint density at radius 2 is 1.60 bits per heavy atom. The van der Waals surface area contributed by atoms with E-state index in [0.717, 1.165) is 17.7 Å². The Kier molecular flexibility index (Phi) is 7.28. The molecular weight excluding hydrogens is 458 g/mol. The number of nitrogens with zero attached hydrogens (tertiary/aromatic N) is 4. The van der Waals surface area contributed by atoms with Gasteiger partial charge in [-0.25, -0.2) is 8.78 Å². The molecule has 0 aliphatic carbocycles. The monoisotopic (exact) mass is 484 g/mol. The Morgan fingerprint density at radius 1 is 0.886 bits per heavy atom. The van der Waals surface area contributed by atoms with E-state index in [1.807, 2.05) is 35.2 Å². The van der Waals surface area contributed by atoms with Crippen molar-refractivity contribution in [1.82, 2.24) is 15.1 Å². The second-order valence-electron chi connectivity index (χ2n) is 7.99. The van der Waals surface area contributed by atoms with Gasteiger partial charge in [0.2, 0.25) is 0 Å². The molecule has 8 nitrogen and oxygen atoms in total. The Hall–Kier alpha value is -3.95. The number of ether oxygens (including phenoxy) is 3. The molecule has 0 radical (unpaired) electrons. The van der Waals surface area contributed by atoms with Crippen LogP contribution in [0.3, 0.4) is 0 Å². The number of carbonyl (C=O) groups is 1. The highest BCUT2D eigenvalue weighted by Crippen LogP contribution is 2.31. The molecule has 0 bridgehead atoms. The molecule has 1 aliphatic rings. The average molecular weight is 485 g/mol. The van der Waals surface area contributed by atoms with Crippen LogP contribution in [-0.4, -0.2) is 67.5 Å². The third-order valence-electron chi connectivity index (χ3n) is 5.79. The summed E-state index contributed by atoms with van der Waals surface area (Å²) in [6.45, 7) is 3.59. The van der Waals surface area contributed by atoms with Crippen molar-refractivity contribution in [2.24, 2.45) is 0 Å². The number of aromatic nitrogens is 2. The van der Waals surface area contributed by atoms with Gasteiger partial charge in [-0.1, -0.05) is 0 Å². The molecule has 1 saturated heterocycles. The summed E-state index contributed by atoms with van der Waals surface area (Å²) < 4.78 is 43.0. The second kappa shape index (κ2) is 10.5. The number of methoxy groups -OCH3 is 2. The third kappa shape index (κ3) is 5.42. The van der Waals surface area contributed by atoms with Crippen LogP contribution in [0.1, 0.15) is 6.92 Å². The first kappa shape index (κ1) is 24.2. The standard InChI is InChI=1S/C25H26F2N4O4/c1-16(35-21-8-5-18(26)15-19(21)27)25(32)31-12-10-30(11-13-31)24-9-6-20(28-29-24)17-4-7-22(33-2)23(14-17)34-3/h4-9,14-16H,10-13H2,1-3H3. The number of carbonyl (C=O) groups excluding carboxylic acids is 1. The van der Waals surface area contributed by atoms with Crippen LogP contribution in [0.15, 0.2) is 48.5 Å². The topological polar surface area (TPSA) is 77.0 Å². The van der Waals surface area contributed by atoms with Crippen LogP contribution in [0.2, 0.25) is 0 Å². The minimum atomic E-state index is -0.901. The summed E-state index contributed by atoms with van der Waals surface area (Å²) in [5, 5.41) is 8.71. The van der Waals surface area contributed by atoms with Crippen LogP contribution < -0.4 is 19.1 Å². The van der Waals surface area contributed by atoms with Crippen LogP contribution in [0, 0.1) is 11.6 Å². The molecule has 1 atom stereocenters. The summed E-state index contributed by atoms with van der Waals surface area (Å²) in [6.07, 6.45) is -0.901. The van der Waals surface area contributed by atoms with Crippen molar-refractivity contribution in [3.8, 4) is 28.5 Å². The van der Waals surface area contributed by atoms with Crippen molar-refractivity contribution in [1.29, 1.82) is 0 Å². The van der Waals surface area contributed by atoms with E-state index >= 15 is 0 Å². The van der Waals surface area contributed by atoms with Crippen LogP contribution in [0.4, 0.5) is 14.6 Å². The van der Waals surface area contributed by atoms with E-state index < -0.39 is 17.7 Å². The molecule has 1 aromatic heterocycles. The van der Waals surface area contributed by atoms with Crippen LogP contribution in [-0.2, 0) is 4.79 Å². The van der Waals surface area contributed by atoms with Gasteiger partial charge >= 0.3 is 0 Å². The summed E-state index contributed by atoms with van der Waals surface area (Å²) >= 11 is 0. The Bertz CT molecular complexity index is 1180. The van der Waals surface area contributed by atoms with E-state index in [0.29, 0.717) is 49.2 Å². The van der Waals surface area contributed by atoms with Crippen molar-refractivity contribution in [2.75, 3.05) is 45.3 Å². The summed E-state index contributed by atoms with van der Waals surface area (Å²) in [7, 11) is 3.16. The SMILES string of the molecule is COc1ccc(-c2ccc(N3CCN(C(=O)C(C)Oc4ccc(F)cc4F)CC3)nn2)cc1OC. The number of benzene rings is 2. The van der Waals surface area contributed by atoms with Crippen LogP contribution >= 0.6 is 0 Å². The van der Waals surface area contributed by atoms with E-state index in [-0.39, 0.29) is 11.7 Å². The molecule has 1 amide bonds. The molecule has 184 valence electrons. The van der Waals surface area contributed by atoms with Crippen molar-refractivity contribution >= 4 is 11.7 Å². The molecule has 2 aromatic carbocycles. The van der Waals surface area contributed by atoms with Gasteiger partial charge in [-0.3, -0.25) is 4.79 Å². The maximum atomic E-state index is 13.8. The normalized spacial score (nSPS) is 14.4. The number of hydrogen-bond donors (Lipinski definition) is 0. The molecule has 10 heteroatoms. The molecular formula is C25H26F2N4O4. The number of halogens is 2. The molecule has 1 aliphatic heterocycles. The first-order valence-corrected chi connectivity index (χ1v) is 11.1. The molecule has 1 unspecified atom stereocenters. The molecule has 0 spiro atoms. The van der Waals surface area contributed by atoms with Crippen molar-refractivity contribution in [3.05, 3.63) is 60.2 Å². The van der Waals surface area contributed by atoms with E-state index in [2.05, 4.69) is 10.2 Å². The van der Waals surface area contributed by atoms with Gasteiger partial charge in [0.25, 0.3) is 5.91 Å². The molecule has 35 heavy (non-hydrogen) atoms. The lowest BCUT2D eigenvalue weighted by Gasteiger charge is -2.36. The lowest BCUT2D eigenvalue weighted by molar-refractivity contribution is -0.138. The van der Waals surface area contributed by atoms with Gasteiger partial charge in [-0.2, -0.15) is 0 Å². The molecule has 1 fully saturated rings. The summed E-state index contributed by atoms with van der Waals surface area (Å²) in [5.74, 6) is -0.0137. The summed E-state index contributed by atoms with van der Waals surface area (Å²) in [5.41, 5.74) is 1.55. The first-order chi connectivity index (χ1) is 16.9. The van der Waals surface area contributed by atoms with Gasteiger partial charge in [-0.05, 0) is 49.4 Å². The summed E-state index contributed by atoms with van der Waals surface area (Å²) in [6, 6.07) is 12.3. The molecule has 0 saturated carbocycles. The van der Waals surface area contributed by atoms with Gasteiger partial charge in [0.05, 0.1) is 19.9 Å². The lowest BCUT2D eigenvalue weighted by Crippen LogP contribution is -2.52. The predicted octanol–water partition coefficient (Wildman–Crippen LogP) is 3.56. The maximum Gasteiger partial charge on any atom is 0.263 e. The minimum Gasteiger partial charge on any atom is -0.493 e. The highest BCUT2D eigenvalue weighted by molar-refractivity contribution is 5.81. The van der Waals surface area contributed by atoms with E-state index in [9.17, 15) is 13.6 Å². The van der Waals surface area contributed by atoms with Gasteiger partial charge < -0.3 is 24.0 Å². The van der Waals surface area contributed by atoms with Crippen molar-refractivity contribution in [2.45, 2.75) is 13.0 Å². The minimum absolute atomic E-state index is 0.157. The zero-order valence-electron chi connectivity index (χ0n) is 19.7. The zero-order valence-corrected chi connectivity index (χ0v) is 19.7. The predicted molar refractivity (Wildman–Crippen MR) is 126 cm³/mol.